The van der Waals surface area contributed by atoms with Gasteiger partial charge in [-0.05, 0) is 48.6 Å². The Morgan fingerprint density at radius 3 is 2.42 bits per heavy atom. The number of nitrogens with one attached hydrogen (secondary N) is 1. The van der Waals surface area contributed by atoms with Crippen molar-refractivity contribution in [3.63, 3.8) is 0 Å². The number of rotatable bonds is 16. The second-order valence-corrected chi connectivity index (χ2v) is 9.38. The second-order valence-electron chi connectivity index (χ2n) is 9.38. The summed E-state index contributed by atoms with van der Waals surface area (Å²) >= 11 is 0. The number of aromatic amines is 1. The molecule has 1 aromatic heterocycles. The van der Waals surface area contributed by atoms with E-state index < -0.39 is 0 Å². The number of H-pyrrole nitrogens is 1. The largest absolute Gasteiger partial charge is 0.493 e. The van der Waals surface area contributed by atoms with Gasteiger partial charge >= 0.3 is 0 Å². The minimum atomic E-state index is -0.0816. The highest BCUT2D eigenvalue weighted by Crippen LogP contribution is 2.28. The predicted molar refractivity (Wildman–Crippen MR) is 150 cm³/mol. The van der Waals surface area contributed by atoms with E-state index in [4.69, 9.17) is 14.2 Å². The molecule has 38 heavy (non-hydrogen) atoms. The number of carbonyl (C=O) groups is 2. The van der Waals surface area contributed by atoms with Crippen molar-refractivity contribution in [1.29, 1.82) is 0 Å². The van der Waals surface area contributed by atoms with Gasteiger partial charge < -0.3 is 29.0 Å². The fourth-order valence-electron chi connectivity index (χ4n) is 4.53. The van der Waals surface area contributed by atoms with Gasteiger partial charge in [0.1, 0.15) is 0 Å². The molecule has 3 aromatic rings. The molecule has 0 saturated heterocycles. The van der Waals surface area contributed by atoms with Crippen LogP contribution in [0.2, 0.25) is 0 Å². The highest BCUT2D eigenvalue weighted by Gasteiger charge is 2.22. The van der Waals surface area contributed by atoms with E-state index >= 15 is 0 Å². The molecule has 0 bridgehead atoms. The van der Waals surface area contributed by atoms with Crippen LogP contribution in [0.15, 0.2) is 48.7 Å². The summed E-state index contributed by atoms with van der Waals surface area (Å²) in [7, 11) is 4.84. The number of ether oxygens (including phenoxy) is 3. The molecule has 0 fully saturated rings. The van der Waals surface area contributed by atoms with Crippen LogP contribution < -0.4 is 9.47 Å². The molecule has 0 unspecified atom stereocenters. The van der Waals surface area contributed by atoms with Crippen LogP contribution in [0.1, 0.15) is 43.7 Å². The van der Waals surface area contributed by atoms with Crippen molar-refractivity contribution in [3.8, 4) is 11.5 Å². The number of fused-ring (bicyclic) bond motifs is 1. The Morgan fingerprint density at radius 1 is 0.895 bits per heavy atom. The smallest absolute Gasteiger partial charge is 0.242 e. The Hall–Kier alpha value is -3.52. The van der Waals surface area contributed by atoms with Crippen LogP contribution in [-0.2, 0) is 27.3 Å². The van der Waals surface area contributed by atoms with Gasteiger partial charge in [0.05, 0.1) is 20.8 Å². The third-order valence-electron chi connectivity index (χ3n) is 6.70. The van der Waals surface area contributed by atoms with Gasteiger partial charge in [0, 0.05) is 56.9 Å². The van der Waals surface area contributed by atoms with Crippen LogP contribution in [-0.4, -0.2) is 74.2 Å². The second kappa shape index (κ2) is 15.0. The van der Waals surface area contributed by atoms with E-state index in [0.29, 0.717) is 57.0 Å². The number of unbranched alkanes of at least 4 members (excludes halogenated alkanes) is 1. The predicted octanol–water partition coefficient (Wildman–Crippen LogP) is 4.81. The SMILES string of the molecule is CCCCC(=O)N(CCCOC)CC(=O)N(CCc1c[nH]c2ccccc12)Cc1ccc(OC)c(OC)c1. The third kappa shape index (κ3) is 7.99. The minimum absolute atomic E-state index is 0.0130. The first-order valence-corrected chi connectivity index (χ1v) is 13.3. The van der Waals surface area contributed by atoms with Crippen molar-refractivity contribution in [2.45, 2.75) is 45.6 Å². The highest BCUT2D eigenvalue weighted by atomic mass is 16.5. The molecule has 8 nitrogen and oxygen atoms in total. The van der Waals surface area contributed by atoms with Crippen LogP contribution in [0.25, 0.3) is 10.9 Å². The molecule has 1 N–H and O–H groups in total. The first-order valence-electron chi connectivity index (χ1n) is 13.3. The lowest BCUT2D eigenvalue weighted by Gasteiger charge is -2.28. The monoisotopic (exact) mass is 523 g/mol. The first-order chi connectivity index (χ1) is 18.5. The van der Waals surface area contributed by atoms with Crippen LogP contribution in [0, 0.1) is 0 Å². The summed E-state index contributed by atoms with van der Waals surface area (Å²) < 4.78 is 16.0. The van der Waals surface area contributed by atoms with Gasteiger partial charge in [0.25, 0.3) is 0 Å². The molecule has 2 amide bonds. The quantitative estimate of drug-likeness (QED) is 0.272. The molecule has 0 radical (unpaired) electrons. The Morgan fingerprint density at radius 2 is 1.68 bits per heavy atom. The van der Waals surface area contributed by atoms with E-state index in [-0.39, 0.29) is 18.4 Å². The Balaban J connectivity index is 1.81. The summed E-state index contributed by atoms with van der Waals surface area (Å²) in [6.45, 7) is 4.06. The molecule has 0 aliphatic carbocycles. The number of methoxy groups -OCH3 is 3. The Kier molecular flexibility index (Phi) is 11.5. The van der Waals surface area contributed by atoms with E-state index in [1.807, 2.05) is 47.5 Å². The molecule has 0 spiro atoms. The van der Waals surface area contributed by atoms with E-state index in [2.05, 4.69) is 18.0 Å². The number of carbonyl (C=O) groups excluding carboxylic acids is 2. The fourth-order valence-corrected chi connectivity index (χ4v) is 4.53. The molecule has 0 aliphatic rings. The summed E-state index contributed by atoms with van der Waals surface area (Å²) in [6.07, 6.45) is 5.57. The summed E-state index contributed by atoms with van der Waals surface area (Å²) in [5, 5.41) is 1.15. The number of hydrogen-bond acceptors (Lipinski definition) is 5. The lowest BCUT2D eigenvalue weighted by Crippen LogP contribution is -2.44. The molecule has 0 aliphatic heterocycles. The number of aromatic nitrogens is 1. The van der Waals surface area contributed by atoms with Crippen LogP contribution in [0.3, 0.4) is 0 Å². The number of amides is 2. The number of benzene rings is 2. The summed E-state index contributed by atoms with van der Waals surface area (Å²) in [6, 6.07) is 13.8. The minimum Gasteiger partial charge on any atom is -0.493 e. The van der Waals surface area contributed by atoms with Gasteiger partial charge in [-0.2, -0.15) is 0 Å². The number of nitrogens with zero attached hydrogens (tertiary/aromatic N) is 2. The number of para-hydroxylation sites is 1. The van der Waals surface area contributed by atoms with E-state index in [9.17, 15) is 9.59 Å². The van der Waals surface area contributed by atoms with Crippen molar-refractivity contribution < 1.29 is 23.8 Å². The van der Waals surface area contributed by atoms with Crippen LogP contribution in [0.4, 0.5) is 0 Å². The summed E-state index contributed by atoms with van der Waals surface area (Å²) in [4.78, 5) is 33.5. The van der Waals surface area contributed by atoms with Crippen molar-refractivity contribution in [2.75, 3.05) is 47.6 Å². The normalized spacial score (nSPS) is 10.9. The molecule has 2 aromatic carbocycles. The van der Waals surface area contributed by atoms with E-state index in [0.717, 1.165) is 34.9 Å². The van der Waals surface area contributed by atoms with Gasteiger partial charge in [-0.15, -0.1) is 0 Å². The van der Waals surface area contributed by atoms with E-state index in [1.54, 1.807) is 26.2 Å². The molecule has 8 heteroatoms. The molecule has 3 rings (SSSR count). The molecule has 0 saturated carbocycles. The van der Waals surface area contributed by atoms with Crippen molar-refractivity contribution in [3.05, 3.63) is 59.8 Å². The maximum absolute atomic E-state index is 13.7. The average Bonchev–Trinajstić information content (AvgIpc) is 3.36. The molecule has 206 valence electrons. The zero-order chi connectivity index (χ0) is 27.3. The topological polar surface area (TPSA) is 84.1 Å². The molecular formula is C30H41N3O5. The van der Waals surface area contributed by atoms with Gasteiger partial charge in [-0.25, -0.2) is 0 Å². The molecular weight excluding hydrogens is 482 g/mol. The Bertz CT molecular complexity index is 1180. The average molecular weight is 524 g/mol. The maximum Gasteiger partial charge on any atom is 0.242 e. The fraction of sp³-hybridized carbons (Fsp3) is 0.467. The summed E-state index contributed by atoms with van der Waals surface area (Å²) in [5.74, 6) is 1.18. The lowest BCUT2D eigenvalue weighted by atomic mass is 10.1. The van der Waals surface area contributed by atoms with Crippen LogP contribution >= 0.6 is 0 Å². The maximum atomic E-state index is 13.7. The summed E-state index contributed by atoms with van der Waals surface area (Å²) in [5.41, 5.74) is 3.16. The van der Waals surface area contributed by atoms with Crippen molar-refractivity contribution in [2.24, 2.45) is 0 Å². The highest BCUT2D eigenvalue weighted by molar-refractivity contribution is 5.85. The lowest BCUT2D eigenvalue weighted by molar-refractivity contribution is -0.141. The Labute approximate surface area is 225 Å². The zero-order valence-electron chi connectivity index (χ0n) is 23.1. The standard InChI is InChI=1S/C30H41N3O5/c1-5-6-12-29(34)32(16-9-18-36-2)22-30(35)33(21-23-13-14-27(37-3)28(19-23)38-4)17-15-24-20-31-26-11-8-7-10-25(24)26/h7-8,10-11,13-14,19-20,31H,5-6,9,12,15-18,21-22H2,1-4H3. The van der Waals surface area contributed by atoms with Gasteiger partial charge in [0.2, 0.25) is 11.8 Å². The van der Waals surface area contributed by atoms with Gasteiger partial charge in [-0.1, -0.05) is 37.6 Å². The molecule has 1 heterocycles. The van der Waals surface area contributed by atoms with Gasteiger partial charge in [0.15, 0.2) is 11.5 Å². The van der Waals surface area contributed by atoms with Crippen molar-refractivity contribution in [1.82, 2.24) is 14.8 Å². The number of hydrogen-bond donors (Lipinski definition) is 1. The third-order valence-corrected chi connectivity index (χ3v) is 6.70. The van der Waals surface area contributed by atoms with Crippen molar-refractivity contribution >= 4 is 22.7 Å². The zero-order valence-corrected chi connectivity index (χ0v) is 23.1. The van der Waals surface area contributed by atoms with E-state index in [1.165, 1.54) is 0 Å². The van der Waals surface area contributed by atoms with Crippen LogP contribution in [0.5, 0.6) is 11.5 Å². The van der Waals surface area contributed by atoms with Gasteiger partial charge in [-0.3, -0.25) is 9.59 Å². The first kappa shape index (κ1) is 29.0. The molecule has 0 atom stereocenters.